The van der Waals surface area contributed by atoms with E-state index >= 15 is 0 Å². The molecule has 12 N–H and O–H groups in total. The molecule has 3 heterocycles. The van der Waals surface area contributed by atoms with Gasteiger partial charge in [-0.25, -0.2) is 0 Å². The molecular formula is C33H38O19. The van der Waals surface area contributed by atoms with Gasteiger partial charge in [-0.2, -0.15) is 0 Å². The number of aliphatic carboxylic acids is 1. The van der Waals surface area contributed by atoms with Crippen LogP contribution in [0.1, 0.15) is 43.1 Å². The molecule has 284 valence electrons. The summed E-state index contributed by atoms with van der Waals surface area (Å²) in [5.41, 5.74) is -4.97. The number of carboxylic acids is 1. The van der Waals surface area contributed by atoms with E-state index in [1.165, 1.54) is 24.3 Å². The van der Waals surface area contributed by atoms with Crippen LogP contribution >= 0.6 is 0 Å². The fourth-order valence-electron chi connectivity index (χ4n) is 6.30. The molecule has 0 bridgehead atoms. The normalized spacial score (nSPS) is 30.5. The van der Waals surface area contributed by atoms with Crippen LogP contribution in [0, 0.1) is 0 Å². The number of aliphatic hydroxyl groups excluding tert-OH is 7. The molecular weight excluding hydrogens is 700 g/mol. The summed E-state index contributed by atoms with van der Waals surface area (Å²) in [5, 5.41) is 126. The second kappa shape index (κ2) is 14.9. The average Bonchev–Trinajstić information content (AvgIpc) is 3.06. The van der Waals surface area contributed by atoms with Gasteiger partial charge >= 0.3 is 11.9 Å². The van der Waals surface area contributed by atoms with Crippen molar-refractivity contribution in [1.82, 2.24) is 0 Å². The maximum absolute atomic E-state index is 13.7. The average molecular weight is 739 g/mol. The molecule has 1 aromatic heterocycles. The minimum Gasteiger partial charge on any atom is -0.508 e. The fourth-order valence-corrected chi connectivity index (χ4v) is 6.30. The lowest BCUT2D eigenvalue weighted by molar-refractivity contribution is -0.235. The molecule has 2 aliphatic rings. The van der Waals surface area contributed by atoms with Gasteiger partial charge in [-0.05, 0) is 31.2 Å². The molecule has 2 saturated heterocycles. The summed E-state index contributed by atoms with van der Waals surface area (Å²) >= 11 is 0. The van der Waals surface area contributed by atoms with Crippen molar-refractivity contribution >= 4 is 22.9 Å². The van der Waals surface area contributed by atoms with Crippen LogP contribution in [0.5, 0.6) is 17.2 Å². The number of carbonyl (C=O) groups is 2. The SMILES string of the molecule is CC(O)(CC(=O)O)CC(=O)OC[C@H]1O[C@@H](c2c(O)c([C@@H]3O[C@H](CO)[C@@H](O)[C@H](O)[C@H]3O)c(O)c3c(=O)cc(-c4ccc(O)cc4)oc23)[C@H](O)[C@@H](O)[C@@H]1O. The van der Waals surface area contributed by atoms with Gasteiger partial charge in [-0.15, -0.1) is 0 Å². The summed E-state index contributed by atoms with van der Waals surface area (Å²) in [4.78, 5) is 37.2. The van der Waals surface area contributed by atoms with Crippen LogP contribution in [-0.2, 0) is 23.8 Å². The molecule has 11 atom stereocenters. The van der Waals surface area contributed by atoms with Gasteiger partial charge in [-0.1, -0.05) is 0 Å². The van der Waals surface area contributed by atoms with Gasteiger partial charge in [0.05, 0.1) is 36.2 Å². The molecule has 5 rings (SSSR count). The van der Waals surface area contributed by atoms with E-state index in [1.54, 1.807) is 0 Å². The molecule has 52 heavy (non-hydrogen) atoms. The smallest absolute Gasteiger partial charge is 0.308 e. The first-order valence-corrected chi connectivity index (χ1v) is 15.8. The maximum Gasteiger partial charge on any atom is 0.308 e. The van der Waals surface area contributed by atoms with Crippen LogP contribution in [0.25, 0.3) is 22.3 Å². The van der Waals surface area contributed by atoms with Crippen molar-refractivity contribution in [2.45, 2.75) is 86.4 Å². The summed E-state index contributed by atoms with van der Waals surface area (Å²) in [7, 11) is 0. The molecule has 2 aromatic carbocycles. The van der Waals surface area contributed by atoms with Gasteiger partial charge in [0.25, 0.3) is 0 Å². The lowest BCUT2D eigenvalue weighted by Gasteiger charge is -2.42. The van der Waals surface area contributed by atoms with Crippen molar-refractivity contribution in [1.29, 1.82) is 0 Å². The standard InChI is InChI=1S/C33H38O19/c1-33(48,7-17(37)38)8-18(39)49-10-16-23(41)27(45)29(47)32(52-16)21-25(43)20(31-28(46)26(44)22(40)15(9-34)51-31)24(42)19-13(36)6-14(50-30(19)21)11-2-4-12(35)5-3-11/h2-6,15-16,22-23,26-29,31-32,34-35,40-48H,7-10H2,1H3,(H,37,38)/t15-,16-,22-,23-,26+,27+,28-,29-,31+,32+,33?/m1/s1. The van der Waals surface area contributed by atoms with E-state index in [1.807, 2.05) is 0 Å². The lowest BCUT2D eigenvalue weighted by atomic mass is 9.85. The Bertz CT molecular complexity index is 1850. The van der Waals surface area contributed by atoms with Crippen LogP contribution in [-0.4, -0.2) is 141 Å². The summed E-state index contributed by atoms with van der Waals surface area (Å²) in [5.74, 6) is -5.07. The Balaban J connectivity index is 1.65. The molecule has 0 aliphatic carbocycles. The summed E-state index contributed by atoms with van der Waals surface area (Å²) in [6.45, 7) is -0.721. The Labute approximate surface area is 292 Å². The monoisotopic (exact) mass is 738 g/mol. The second-order valence-electron chi connectivity index (χ2n) is 13.0. The number of phenols is 3. The number of carboxylic acid groups (broad SMARTS) is 1. The summed E-state index contributed by atoms with van der Waals surface area (Å²) in [6.07, 6.45) is -21.2. The van der Waals surface area contributed by atoms with Crippen molar-refractivity contribution in [2.24, 2.45) is 0 Å². The van der Waals surface area contributed by atoms with Crippen molar-refractivity contribution in [3.05, 3.63) is 51.7 Å². The molecule has 0 radical (unpaired) electrons. The van der Waals surface area contributed by atoms with E-state index in [-0.39, 0.29) is 17.1 Å². The van der Waals surface area contributed by atoms with Crippen LogP contribution in [0.15, 0.2) is 39.5 Å². The Kier molecular flexibility index (Phi) is 11.1. The molecule has 3 aromatic rings. The lowest BCUT2D eigenvalue weighted by Crippen LogP contribution is -2.56. The predicted octanol–water partition coefficient (Wildman–Crippen LogP) is -2.23. The molecule has 0 saturated carbocycles. The molecule has 0 amide bonds. The number of aliphatic hydroxyl groups is 8. The largest absolute Gasteiger partial charge is 0.508 e. The van der Waals surface area contributed by atoms with Crippen molar-refractivity contribution < 1.29 is 89.5 Å². The zero-order valence-electron chi connectivity index (χ0n) is 27.2. The van der Waals surface area contributed by atoms with E-state index in [4.69, 9.17) is 23.7 Å². The number of hydrogen-bond donors (Lipinski definition) is 12. The van der Waals surface area contributed by atoms with E-state index < -0.39 is 144 Å². The highest BCUT2D eigenvalue weighted by atomic mass is 16.6. The first-order chi connectivity index (χ1) is 24.4. The van der Waals surface area contributed by atoms with Gasteiger partial charge in [0.15, 0.2) is 11.0 Å². The first-order valence-electron chi connectivity index (χ1n) is 15.8. The zero-order chi connectivity index (χ0) is 38.4. The van der Waals surface area contributed by atoms with E-state index in [0.29, 0.717) is 0 Å². The van der Waals surface area contributed by atoms with Gasteiger partial charge < -0.3 is 79.9 Å². The number of rotatable bonds is 10. The number of esters is 1. The Hall–Kier alpha value is -4.41. The highest BCUT2D eigenvalue weighted by Crippen LogP contribution is 2.51. The summed E-state index contributed by atoms with van der Waals surface area (Å²) < 4.78 is 22.4. The van der Waals surface area contributed by atoms with Crippen LogP contribution in [0.2, 0.25) is 0 Å². The minimum atomic E-state index is -2.16. The number of phenolic OH excluding ortho intramolecular Hbond substituents is 3. The Morgan fingerprint density at radius 1 is 0.788 bits per heavy atom. The quantitative estimate of drug-likeness (QED) is 0.0979. The van der Waals surface area contributed by atoms with E-state index in [9.17, 15) is 70.6 Å². The van der Waals surface area contributed by atoms with Crippen molar-refractivity contribution in [2.75, 3.05) is 13.2 Å². The number of ether oxygens (including phenoxy) is 3. The summed E-state index contributed by atoms with van der Waals surface area (Å²) in [6, 6.07) is 6.15. The number of aromatic hydroxyl groups is 3. The third-order valence-electron chi connectivity index (χ3n) is 8.99. The van der Waals surface area contributed by atoms with Crippen molar-refractivity contribution in [3.63, 3.8) is 0 Å². The Morgan fingerprint density at radius 2 is 1.35 bits per heavy atom. The third-order valence-corrected chi connectivity index (χ3v) is 8.99. The van der Waals surface area contributed by atoms with Crippen LogP contribution in [0.3, 0.4) is 0 Å². The van der Waals surface area contributed by atoms with Gasteiger partial charge in [0.2, 0.25) is 0 Å². The molecule has 19 nitrogen and oxygen atoms in total. The Morgan fingerprint density at radius 3 is 1.92 bits per heavy atom. The zero-order valence-corrected chi connectivity index (χ0v) is 27.2. The number of fused-ring (bicyclic) bond motifs is 1. The molecule has 1 unspecified atom stereocenters. The number of hydrogen-bond acceptors (Lipinski definition) is 18. The fraction of sp³-hybridized carbons (Fsp3) is 0.485. The topological polar surface area (TPSA) is 335 Å². The van der Waals surface area contributed by atoms with Gasteiger partial charge in [0.1, 0.15) is 96.0 Å². The van der Waals surface area contributed by atoms with Crippen molar-refractivity contribution in [3.8, 4) is 28.6 Å². The van der Waals surface area contributed by atoms with Gasteiger partial charge in [0, 0.05) is 11.6 Å². The second-order valence-corrected chi connectivity index (χ2v) is 13.0. The molecule has 19 heteroatoms. The number of benzene rings is 2. The highest BCUT2D eigenvalue weighted by molar-refractivity contribution is 5.92. The molecule has 2 aliphatic heterocycles. The van der Waals surface area contributed by atoms with Gasteiger partial charge in [-0.3, -0.25) is 14.4 Å². The van der Waals surface area contributed by atoms with Crippen LogP contribution < -0.4 is 5.43 Å². The first kappa shape index (κ1) is 38.8. The molecule has 0 spiro atoms. The minimum absolute atomic E-state index is 0.143. The predicted molar refractivity (Wildman–Crippen MR) is 170 cm³/mol. The highest BCUT2D eigenvalue weighted by Gasteiger charge is 2.50. The van der Waals surface area contributed by atoms with E-state index in [0.717, 1.165) is 13.0 Å². The van der Waals surface area contributed by atoms with Crippen LogP contribution in [0.4, 0.5) is 0 Å². The third kappa shape index (κ3) is 7.41. The maximum atomic E-state index is 13.7. The molecule has 2 fully saturated rings. The van der Waals surface area contributed by atoms with E-state index in [2.05, 4.69) is 0 Å². The number of carbonyl (C=O) groups excluding carboxylic acids is 1.